The summed E-state index contributed by atoms with van der Waals surface area (Å²) < 4.78 is 0. The molecule has 1 saturated carbocycles. The zero-order chi connectivity index (χ0) is 15.3. The Kier molecular flexibility index (Phi) is 2.96. The molecule has 1 aromatic heterocycles. The molecule has 3 heterocycles. The third-order valence-corrected chi connectivity index (χ3v) is 5.49. The van der Waals surface area contributed by atoms with Crippen molar-refractivity contribution in [3.63, 3.8) is 0 Å². The molecule has 1 spiro atoms. The van der Waals surface area contributed by atoms with E-state index in [1.54, 1.807) is 17.3 Å². The second kappa shape index (κ2) is 4.76. The van der Waals surface area contributed by atoms with Crippen LogP contribution in [-0.4, -0.2) is 52.3 Å². The van der Waals surface area contributed by atoms with Crippen molar-refractivity contribution < 1.29 is 4.79 Å². The van der Waals surface area contributed by atoms with Crippen molar-refractivity contribution in [2.75, 3.05) is 25.0 Å². The fourth-order valence-electron chi connectivity index (χ4n) is 4.39. The van der Waals surface area contributed by atoms with Crippen LogP contribution in [0.25, 0.3) is 0 Å². The van der Waals surface area contributed by atoms with E-state index >= 15 is 0 Å². The van der Waals surface area contributed by atoms with E-state index < -0.39 is 5.54 Å². The fraction of sp³-hybridized carbons (Fsp3) is 0.625. The number of carbonyl (C=O) groups is 1. The molecule has 2 fully saturated rings. The van der Waals surface area contributed by atoms with Gasteiger partial charge in [-0.2, -0.15) is 0 Å². The Labute approximate surface area is 130 Å². The molecule has 1 saturated heterocycles. The Hall–Kier alpha value is -1.98. The summed E-state index contributed by atoms with van der Waals surface area (Å²) in [5, 5.41) is 0. The van der Waals surface area contributed by atoms with Crippen LogP contribution in [-0.2, 0) is 4.79 Å². The molecule has 1 aliphatic carbocycles. The average Bonchev–Trinajstić information content (AvgIpc) is 3.18. The molecular formula is C16H21N5O. The van der Waals surface area contributed by atoms with Crippen LogP contribution in [0, 0.1) is 11.8 Å². The minimum Gasteiger partial charge on any atom is -0.340 e. The largest absolute Gasteiger partial charge is 0.340 e. The molecule has 4 rings (SSSR count). The lowest BCUT2D eigenvalue weighted by Crippen LogP contribution is -2.45. The number of amidine groups is 1. The van der Waals surface area contributed by atoms with E-state index in [1.807, 2.05) is 13.1 Å². The molecule has 2 aliphatic heterocycles. The van der Waals surface area contributed by atoms with Gasteiger partial charge in [-0.1, -0.05) is 6.92 Å². The summed E-state index contributed by atoms with van der Waals surface area (Å²) in [5.41, 5.74) is -0.520. The third-order valence-electron chi connectivity index (χ3n) is 5.49. The molecular weight excluding hydrogens is 278 g/mol. The van der Waals surface area contributed by atoms with Crippen molar-refractivity contribution >= 4 is 17.7 Å². The minimum atomic E-state index is -0.520. The van der Waals surface area contributed by atoms with E-state index in [2.05, 4.69) is 21.8 Å². The van der Waals surface area contributed by atoms with E-state index in [4.69, 9.17) is 4.99 Å². The van der Waals surface area contributed by atoms with Gasteiger partial charge in [0.25, 0.3) is 5.91 Å². The Morgan fingerprint density at radius 1 is 1.32 bits per heavy atom. The van der Waals surface area contributed by atoms with Crippen LogP contribution in [0.2, 0.25) is 0 Å². The second-order valence-electron chi connectivity index (χ2n) is 6.53. The first kappa shape index (κ1) is 13.7. The van der Waals surface area contributed by atoms with Gasteiger partial charge in [-0.3, -0.25) is 9.79 Å². The molecule has 0 radical (unpaired) electrons. The van der Waals surface area contributed by atoms with Gasteiger partial charge in [0.1, 0.15) is 11.4 Å². The van der Waals surface area contributed by atoms with Crippen molar-refractivity contribution in [3.05, 3.63) is 18.5 Å². The Balaban J connectivity index is 1.64. The molecule has 0 bridgehead atoms. The summed E-state index contributed by atoms with van der Waals surface area (Å²) in [7, 11) is 1.86. The quantitative estimate of drug-likeness (QED) is 0.827. The molecule has 0 N–H and O–H groups in total. The first-order valence-corrected chi connectivity index (χ1v) is 8.04. The zero-order valence-electron chi connectivity index (χ0n) is 13.1. The van der Waals surface area contributed by atoms with Crippen LogP contribution in [0.5, 0.6) is 0 Å². The molecule has 1 amide bonds. The predicted octanol–water partition coefficient (Wildman–Crippen LogP) is 1.34. The maximum atomic E-state index is 12.8. The van der Waals surface area contributed by atoms with Crippen molar-refractivity contribution in [1.29, 1.82) is 0 Å². The normalized spacial score (nSPS) is 33.7. The lowest BCUT2D eigenvalue weighted by molar-refractivity contribution is -0.131. The number of aromatic nitrogens is 2. The van der Waals surface area contributed by atoms with Crippen LogP contribution >= 0.6 is 0 Å². The zero-order valence-corrected chi connectivity index (χ0v) is 13.1. The van der Waals surface area contributed by atoms with Gasteiger partial charge in [0.15, 0.2) is 0 Å². The SMILES string of the molecule is CCC1=N[C@@]2(CC[C@@H]3CN(c4ncccn4)C[C@@H]32)C(=O)N1C. The number of hydrogen-bond donors (Lipinski definition) is 0. The topological polar surface area (TPSA) is 61.7 Å². The highest BCUT2D eigenvalue weighted by Crippen LogP contribution is 2.50. The predicted molar refractivity (Wildman–Crippen MR) is 83.7 cm³/mol. The summed E-state index contributed by atoms with van der Waals surface area (Å²) in [4.78, 5) is 30.4. The lowest BCUT2D eigenvalue weighted by atomic mass is 9.85. The van der Waals surface area contributed by atoms with E-state index in [0.29, 0.717) is 5.92 Å². The molecule has 22 heavy (non-hydrogen) atoms. The van der Waals surface area contributed by atoms with Crippen LogP contribution in [0.3, 0.4) is 0 Å². The van der Waals surface area contributed by atoms with Crippen LogP contribution in [0.15, 0.2) is 23.5 Å². The van der Waals surface area contributed by atoms with Crippen molar-refractivity contribution in [3.8, 4) is 0 Å². The lowest BCUT2D eigenvalue weighted by Gasteiger charge is -2.27. The number of nitrogens with zero attached hydrogens (tertiary/aromatic N) is 5. The monoisotopic (exact) mass is 299 g/mol. The molecule has 1 aromatic rings. The summed E-state index contributed by atoms with van der Waals surface area (Å²) in [6.45, 7) is 3.83. The smallest absolute Gasteiger partial charge is 0.255 e. The minimum absolute atomic E-state index is 0.188. The number of hydrogen-bond acceptors (Lipinski definition) is 5. The van der Waals surface area contributed by atoms with E-state index in [0.717, 1.165) is 44.1 Å². The Morgan fingerprint density at radius 2 is 2.09 bits per heavy atom. The van der Waals surface area contributed by atoms with E-state index in [1.165, 1.54) is 0 Å². The summed E-state index contributed by atoms with van der Waals surface area (Å²) >= 11 is 0. The van der Waals surface area contributed by atoms with Gasteiger partial charge in [-0.05, 0) is 24.8 Å². The highest BCUT2D eigenvalue weighted by atomic mass is 16.2. The molecule has 6 nitrogen and oxygen atoms in total. The number of anilines is 1. The Bertz CT molecular complexity index is 631. The van der Waals surface area contributed by atoms with Crippen LogP contribution in [0.4, 0.5) is 5.95 Å². The number of amides is 1. The van der Waals surface area contributed by atoms with Gasteiger partial charge < -0.3 is 9.80 Å². The standard InChI is InChI=1S/C16H21N5O/c1-3-13-19-16(14(22)20(13)2)6-5-11-9-21(10-12(11)16)15-17-7-4-8-18-15/h4,7-8,11-12H,3,5-6,9-10H2,1-2H3/t11-,12+,16-/m1/s1. The maximum Gasteiger partial charge on any atom is 0.255 e. The fourth-order valence-corrected chi connectivity index (χ4v) is 4.39. The first-order chi connectivity index (χ1) is 10.7. The van der Waals surface area contributed by atoms with Gasteiger partial charge >= 0.3 is 0 Å². The van der Waals surface area contributed by atoms with Crippen LogP contribution in [0.1, 0.15) is 26.2 Å². The highest BCUT2D eigenvalue weighted by Gasteiger charge is 2.60. The number of fused-ring (bicyclic) bond motifs is 2. The second-order valence-corrected chi connectivity index (χ2v) is 6.53. The van der Waals surface area contributed by atoms with Crippen molar-refractivity contribution in [1.82, 2.24) is 14.9 Å². The molecule has 0 aromatic carbocycles. The number of rotatable bonds is 2. The van der Waals surface area contributed by atoms with Gasteiger partial charge in [0.05, 0.1) is 0 Å². The molecule has 3 aliphatic rings. The molecule has 116 valence electrons. The van der Waals surface area contributed by atoms with Gasteiger partial charge in [-0.25, -0.2) is 9.97 Å². The van der Waals surface area contributed by atoms with Crippen molar-refractivity contribution in [2.45, 2.75) is 31.7 Å². The maximum absolute atomic E-state index is 12.8. The third kappa shape index (κ3) is 1.72. The van der Waals surface area contributed by atoms with E-state index in [9.17, 15) is 4.79 Å². The number of likely N-dealkylation sites (N-methyl/N-ethyl adjacent to an activating group) is 1. The first-order valence-electron chi connectivity index (χ1n) is 8.04. The average molecular weight is 299 g/mol. The van der Waals surface area contributed by atoms with Gasteiger partial charge in [0, 0.05) is 44.9 Å². The van der Waals surface area contributed by atoms with E-state index in [-0.39, 0.29) is 11.8 Å². The van der Waals surface area contributed by atoms with Crippen molar-refractivity contribution in [2.24, 2.45) is 16.8 Å². The summed E-state index contributed by atoms with van der Waals surface area (Å²) in [6.07, 6.45) is 6.31. The van der Waals surface area contributed by atoms with Gasteiger partial charge in [0.2, 0.25) is 5.95 Å². The van der Waals surface area contributed by atoms with Gasteiger partial charge in [-0.15, -0.1) is 0 Å². The molecule has 6 heteroatoms. The highest BCUT2D eigenvalue weighted by molar-refractivity contribution is 6.08. The number of aliphatic imine (C=N–C) groups is 1. The molecule has 0 unspecified atom stereocenters. The summed E-state index contributed by atoms with van der Waals surface area (Å²) in [6, 6.07) is 1.83. The Morgan fingerprint density at radius 3 is 2.77 bits per heavy atom. The summed E-state index contributed by atoms with van der Waals surface area (Å²) in [5.74, 6) is 2.69. The van der Waals surface area contributed by atoms with Crippen LogP contribution < -0.4 is 4.90 Å². The molecule has 3 atom stereocenters. The number of carbonyl (C=O) groups excluding carboxylic acids is 1.